The molecule has 3 N–H and O–H groups in total. The molecule has 4 rings (SSSR count). The number of aromatic hydroxyl groups is 2. The lowest BCUT2D eigenvalue weighted by molar-refractivity contribution is 0.444. The third-order valence-corrected chi connectivity index (χ3v) is 6.45. The number of hydrogen-bond donors (Lipinski definition) is 3. The standard InChI is InChI=1S/C25H31N3O3/c1-16(2)20-13-21(23(30)14-22(20)29)24-26-27-25(31)28(24)15-19-11-9-18(10-12-19)8-7-17-5-3-4-6-17/h9-14,16-17,29-30H,3-8,15H2,1-2H3,(H,27,31). The Labute approximate surface area is 182 Å². The lowest BCUT2D eigenvalue weighted by Gasteiger charge is -2.13. The molecule has 1 aliphatic carbocycles. The van der Waals surface area contributed by atoms with Gasteiger partial charge in [-0.2, -0.15) is 5.10 Å². The summed E-state index contributed by atoms with van der Waals surface area (Å²) in [6, 6.07) is 11.4. The summed E-state index contributed by atoms with van der Waals surface area (Å²) in [5, 5.41) is 27.2. The maximum Gasteiger partial charge on any atom is 0.343 e. The first kappa shape index (κ1) is 21.2. The highest BCUT2D eigenvalue weighted by Gasteiger charge is 2.19. The molecular weight excluding hydrogens is 390 g/mol. The number of phenols is 2. The van der Waals surface area contributed by atoms with Crippen molar-refractivity contribution < 1.29 is 10.2 Å². The maximum atomic E-state index is 12.4. The summed E-state index contributed by atoms with van der Waals surface area (Å²) < 4.78 is 1.52. The smallest absolute Gasteiger partial charge is 0.343 e. The molecule has 0 bridgehead atoms. The van der Waals surface area contributed by atoms with Gasteiger partial charge in [-0.15, -0.1) is 0 Å². The van der Waals surface area contributed by atoms with E-state index >= 15 is 0 Å². The molecule has 6 heteroatoms. The number of benzene rings is 2. The first-order valence-electron chi connectivity index (χ1n) is 11.2. The lowest BCUT2D eigenvalue weighted by atomic mass is 9.97. The molecule has 31 heavy (non-hydrogen) atoms. The minimum Gasteiger partial charge on any atom is -0.508 e. The Balaban J connectivity index is 1.55. The van der Waals surface area contributed by atoms with E-state index in [1.54, 1.807) is 6.07 Å². The number of aromatic amines is 1. The molecule has 0 saturated heterocycles. The van der Waals surface area contributed by atoms with Crippen LogP contribution in [0.5, 0.6) is 11.5 Å². The SMILES string of the molecule is CC(C)c1cc(-c2n[nH]c(=O)n2Cc2ccc(CCC3CCCC3)cc2)c(O)cc1O. The third-order valence-electron chi connectivity index (χ3n) is 6.45. The number of aryl methyl sites for hydroxylation is 1. The zero-order valence-corrected chi connectivity index (χ0v) is 18.3. The Bertz CT molecular complexity index is 1090. The van der Waals surface area contributed by atoms with E-state index in [2.05, 4.69) is 34.5 Å². The highest BCUT2D eigenvalue weighted by atomic mass is 16.3. The minimum atomic E-state index is -0.334. The van der Waals surface area contributed by atoms with Crippen molar-refractivity contribution in [1.82, 2.24) is 14.8 Å². The van der Waals surface area contributed by atoms with Gasteiger partial charge in [0.15, 0.2) is 5.82 Å². The number of hydrogen-bond acceptors (Lipinski definition) is 4. The zero-order valence-electron chi connectivity index (χ0n) is 18.3. The van der Waals surface area contributed by atoms with Crippen molar-refractivity contribution in [2.24, 2.45) is 5.92 Å². The number of H-pyrrole nitrogens is 1. The van der Waals surface area contributed by atoms with Crippen LogP contribution < -0.4 is 5.69 Å². The summed E-state index contributed by atoms with van der Waals surface area (Å²) >= 11 is 0. The number of nitrogens with one attached hydrogen (secondary N) is 1. The number of rotatable bonds is 7. The van der Waals surface area contributed by atoms with Gasteiger partial charge in [-0.1, -0.05) is 63.8 Å². The van der Waals surface area contributed by atoms with E-state index < -0.39 is 0 Å². The van der Waals surface area contributed by atoms with Gasteiger partial charge in [0.05, 0.1) is 12.1 Å². The van der Waals surface area contributed by atoms with Crippen LogP contribution in [0.25, 0.3) is 11.4 Å². The van der Waals surface area contributed by atoms with Crippen LogP contribution in [0.2, 0.25) is 0 Å². The molecule has 2 aromatic carbocycles. The summed E-state index contributed by atoms with van der Waals surface area (Å²) in [6.45, 7) is 4.27. The van der Waals surface area contributed by atoms with Gasteiger partial charge in [0, 0.05) is 6.07 Å². The molecule has 0 amide bonds. The fourth-order valence-electron chi connectivity index (χ4n) is 4.57. The lowest BCUT2D eigenvalue weighted by Crippen LogP contribution is -2.18. The molecule has 6 nitrogen and oxygen atoms in total. The molecule has 1 aliphatic rings. The highest BCUT2D eigenvalue weighted by Crippen LogP contribution is 2.37. The van der Waals surface area contributed by atoms with Gasteiger partial charge in [-0.05, 0) is 47.4 Å². The van der Waals surface area contributed by atoms with Crippen molar-refractivity contribution in [1.29, 1.82) is 0 Å². The topological polar surface area (TPSA) is 91.1 Å². The summed E-state index contributed by atoms with van der Waals surface area (Å²) in [7, 11) is 0. The van der Waals surface area contributed by atoms with Crippen molar-refractivity contribution in [2.45, 2.75) is 64.8 Å². The van der Waals surface area contributed by atoms with E-state index in [1.807, 2.05) is 13.8 Å². The second-order valence-electron chi connectivity index (χ2n) is 9.03. The fourth-order valence-corrected chi connectivity index (χ4v) is 4.57. The Hall–Kier alpha value is -3.02. The van der Waals surface area contributed by atoms with Crippen LogP contribution in [0, 0.1) is 5.92 Å². The maximum absolute atomic E-state index is 12.4. The highest BCUT2D eigenvalue weighted by molar-refractivity contribution is 5.67. The van der Waals surface area contributed by atoms with Crippen LogP contribution in [0.4, 0.5) is 0 Å². The molecule has 3 aromatic rings. The van der Waals surface area contributed by atoms with E-state index in [0.717, 1.165) is 17.9 Å². The van der Waals surface area contributed by atoms with Crippen molar-refractivity contribution in [3.8, 4) is 22.9 Å². The average molecular weight is 422 g/mol. The van der Waals surface area contributed by atoms with E-state index in [0.29, 0.717) is 23.5 Å². The summed E-state index contributed by atoms with van der Waals surface area (Å²) in [5.74, 6) is 1.23. The predicted molar refractivity (Wildman–Crippen MR) is 122 cm³/mol. The molecule has 1 fully saturated rings. The Morgan fingerprint density at radius 1 is 1.06 bits per heavy atom. The average Bonchev–Trinajstić information content (AvgIpc) is 3.38. The summed E-state index contributed by atoms with van der Waals surface area (Å²) in [5.41, 5.74) is 3.11. The molecule has 0 unspecified atom stereocenters. The molecule has 164 valence electrons. The minimum absolute atomic E-state index is 0.0360. The molecule has 0 spiro atoms. The Morgan fingerprint density at radius 2 is 1.74 bits per heavy atom. The first-order valence-corrected chi connectivity index (χ1v) is 11.2. The Morgan fingerprint density at radius 3 is 2.42 bits per heavy atom. The van der Waals surface area contributed by atoms with Gasteiger partial charge in [0.2, 0.25) is 0 Å². The fraction of sp³-hybridized carbons (Fsp3) is 0.440. The normalized spacial score (nSPS) is 14.5. The van der Waals surface area contributed by atoms with Crippen molar-refractivity contribution in [3.05, 3.63) is 63.6 Å². The first-order chi connectivity index (χ1) is 14.9. The van der Waals surface area contributed by atoms with Crippen molar-refractivity contribution in [3.63, 3.8) is 0 Å². The zero-order chi connectivity index (χ0) is 22.0. The van der Waals surface area contributed by atoms with E-state index in [4.69, 9.17) is 0 Å². The van der Waals surface area contributed by atoms with Crippen LogP contribution in [0.1, 0.15) is 68.6 Å². The number of nitrogens with zero attached hydrogens (tertiary/aromatic N) is 2. The van der Waals surface area contributed by atoms with E-state index in [-0.39, 0.29) is 23.1 Å². The molecular formula is C25H31N3O3. The monoisotopic (exact) mass is 421 g/mol. The molecule has 0 aliphatic heterocycles. The van der Waals surface area contributed by atoms with E-state index in [9.17, 15) is 15.0 Å². The van der Waals surface area contributed by atoms with Crippen LogP contribution >= 0.6 is 0 Å². The van der Waals surface area contributed by atoms with Crippen LogP contribution in [0.3, 0.4) is 0 Å². The second-order valence-corrected chi connectivity index (χ2v) is 9.03. The van der Waals surface area contributed by atoms with Gasteiger partial charge >= 0.3 is 5.69 Å². The molecule has 1 heterocycles. The summed E-state index contributed by atoms with van der Waals surface area (Å²) in [4.78, 5) is 12.4. The molecule has 1 aromatic heterocycles. The third kappa shape index (κ3) is 4.68. The Kier molecular flexibility index (Phi) is 6.16. The van der Waals surface area contributed by atoms with Gasteiger partial charge in [-0.3, -0.25) is 4.57 Å². The molecule has 0 atom stereocenters. The largest absolute Gasteiger partial charge is 0.508 e. The number of aromatic nitrogens is 3. The summed E-state index contributed by atoms with van der Waals surface area (Å²) in [6.07, 6.45) is 7.84. The van der Waals surface area contributed by atoms with Crippen molar-refractivity contribution in [2.75, 3.05) is 0 Å². The van der Waals surface area contributed by atoms with Gasteiger partial charge in [-0.25, -0.2) is 9.89 Å². The van der Waals surface area contributed by atoms with Crippen LogP contribution in [0.15, 0.2) is 41.2 Å². The second kappa shape index (κ2) is 9.00. The van der Waals surface area contributed by atoms with Gasteiger partial charge < -0.3 is 10.2 Å². The van der Waals surface area contributed by atoms with E-state index in [1.165, 1.54) is 48.3 Å². The predicted octanol–water partition coefficient (Wildman–Crippen LogP) is 4.94. The van der Waals surface area contributed by atoms with Crippen molar-refractivity contribution >= 4 is 0 Å². The van der Waals surface area contributed by atoms with Crippen LogP contribution in [-0.2, 0) is 13.0 Å². The van der Waals surface area contributed by atoms with Gasteiger partial charge in [0.1, 0.15) is 11.5 Å². The number of phenolic OH excluding ortho intramolecular Hbond substituents is 2. The van der Waals surface area contributed by atoms with Crippen LogP contribution in [-0.4, -0.2) is 25.0 Å². The van der Waals surface area contributed by atoms with Gasteiger partial charge in [0.25, 0.3) is 0 Å². The molecule has 1 saturated carbocycles. The quantitative estimate of drug-likeness (QED) is 0.504. The molecule has 0 radical (unpaired) electrons.